The topological polar surface area (TPSA) is 0 Å². The van der Waals surface area contributed by atoms with Crippen LogP contribution in [0.3, 0.4) is 0 Å². The van der Waals surface area contributed by atoms with Gasteiger partial charge in [-0.15, -0.1) is 0 Å². The molecule has 0 nitrogen and oxygen atoms in total. The third-order valence-corrected chi connectivity index (χ3v) is 2.86. The second-order valence-electron chi connectivity index (χ2n) is 3.31. The molecule has 0 rings (SSSR count). The summed E-state index contributed by atoms with van der Waals surface area (Å²) in [5, 5.41) is 0. The molecular formula is C9H20S. The van der Waals surface area contributed by atoms with Crippen LogP contribution in [0, 0.1) is 11.8 Å². The Balaban J connectivity index is 3.27. The average molecular weight is 160 g/mol. The number of rotatable bonds is 5. The van der Waals surface area contributed by atoms with Crippen molar-refractivity contribution in [1.29, 1.82) is 0 Å². The lowest BCUT2D eigenvalue weighted by Crippen LogP contribution is -2.04. The summed E-state index contributed by atoms with van der Waals surface area (Å²) >= 11 is 1.96. The Kier molecular flexibility index (Phi) is 6.30. The second kappa shape index (κ2) is 6.09. The largest absolute Gasteiger partial charge is 0.165 e. The number of hydrogen-bond donors (Lipinski definition) is 0. The van der Waals surface area contributed by atoms with Gasteiger partial charge < -0.3 is 0 Å². The highest BCUT2D eigenvalue weighted by Crippen LogP contribution is 2.17. The van der Waals surface area contributed by atoms with Gasteiger partial charge in [0.15, 0.2) is 0 Å². The molecule has 0 saturated heterocycles. The van der Waals surface area contributed by atoms with E-state index in [4.69, 9.17) is 0 Å². The monoisotopic (exact) mass is 160 g/mol. The zero-order chi connectivity index (χ0) is 7.98. The van der Waals surface area contributed by atoms with Gasteiger partial charge in [-0.2, -0.15) is 11.8 Å². The fourth-order valence-corrected chi connectivity index (χ4v) is 1.91. The van der Waals surface area contributed by atoms with Crippen LogP contribution in [0.15, 0.2) is 0 Å². The van der Waals surface area contributed by atoms with E-state index in [2.05, 4.69) is 27.0 Å². The zero-order valence-electron chi connectivity index (χ0n) is 7.68. The molecule has 0 amide bonds. The van der Waals surface area contributed by atoms with E-state index in [1.165, 1.54) is 18.6 Å². The van der Waals surface area contributed by atoms with Crippen molar-refractivity contribution in [2.45, 2.75) is 33.6 Å². The lowest BCUT2D eigenvalue weighted by atomic mass is 9.97. The van der Waals surface area contributed by atoms with Crippen LogP contribution in [0.1, 0.15) is 33.6 Å². The van der Waals surface area contributed by atoms with E-state index < -0.39 is 0 Å². The summed E-state index contributed by atoms with van der Waals surface area (Å²) in [5.74, 6) is 3.15. The predicted molar refractivity (Wildman–Crippen MR) is 51.6 cm³/mol. The molecule has 0 aliphatic heterocycles. The molecule has 0 saturated carbocycles. The van der Waals surface area contributed by atoms with Crippen LogP contribution in [0.4, 0.5) is 0 Å². The van der Waals surface area contributed by atoms with Crippen molar-refractivity contribution < 1.29 is 0 Å². The van der Waals surface area contributed by atoms with Crippen LogP contribution in [0.2, 0.25) is 0 Å². The van der Waals surface area contributed by atoms with Crippen molar-refractivity contribution in [3.05, 3.63) is 0 Å². The van der Waals surface area contributed by atoms with E-state index in [0.29, 0.717) is 0 Å². The normalized spacial score (nSPS) is 16.8. The Hall–Kier alpha value is 0.350. The summed E-state index contributed by atoms with van der Waals surface area (Å²) in [6, 6.07) is 0. The molecule has 0 fully saturated rings. The van der Waals surface area contributed by atoms with Crippen LogP contribution in [-0.4, -0.2) is 12.0 Å². The molecule has 0 radical (unpaired) electrons. The predicted octanol–water partition coefficient (Wildman–Crippen LogP) is 3.42. The first-order chi connectivity index (χ1) is 4.70. The van der Waals surface area contributed by atoms with E-state index in [-0.39, 0.29) is 0 Å². The third-order valence-electron chi connectivity index (χ3n) is 1.95. The van der Waals surface area contributed by atoms with Crippen LogP contribution >= 0.6 is 11.8 Å². The van der Waals surface area contributed by atoms with Gasteiger partial charge in [0.1, 0.15) is 0 Å². The van der Waals surface area contributed by atoms with Gasteiger partial charge in [0.25, 0.3) is 0 Å². The quantitative estimate of drug-likeness (QED) is 0.594. The highest BCUT2D eigenvalue weighted by atomic mass is 32.2. The molecule has 0 aromatic rings. The van der Waals surface area contributed by atoms with Crippen molar-refractivity contribution in [3.8, 4) is 0 Å². The molecule has 0 bridgehead atoms. The Labute approximate surface area is 69.8 Å². The molecule has 2 atom stereocenters. The Morgan fingerprint density at radius 2 is 1.80 bits per heavy atom. The Bertz CT molecular complexity index is 71.1. The Morgan fingerprint density at radius 1 is 1.20 bits per heavy atom. The first kappa shape index (κ1) is 10.3. The standard InChI is InChI=1S/C9H20S/c1-5-8(2)6-9(3)7-10-4/h8-9H,5-7H2,1-4H3. The van der Waals surface area contributed by atoms with Crippen LogP contribution in [-0.2, 0) is 0 Å². The minimum Gasteiger partial charge on any atom is -0.165 e. The van der Waals surface area contributed by atoms with Gasteiger partial charge in [-0.25, -0.2) is 0 Å². The van der Waals surface area contributed by atoms with Crippen molar-refractivity contribution in [3.63, 3.8) is 0 Å². The van der Waals surface area contributed by atoms with E-state index in [0.717, 1.165) is 11.8 Å². The molecule has 0 aliphatic rings. The molecule has 0 N–H and O–H groups in total. The minimum absolute atomic E-state index is 0.907. The molecule has 0 aromatic carbocycles. The lowest BCUT2D eigenvalue weighted by Gasteiger charge is -2.13. The van der Waals surface area contributed by atoms with Crippen molar-refractivity contribution in [2.75, 3.05) is 12.0 Å². The molecule has 0 aliphatic carbocycles. The Morgan fingerprint density at radius 3 is 2.20 bits per heavy atom. The van der Waals surface area contributed by atoms with Crippen LogP contribution < -0.4 is 0 Å². The summed E-state index contributed by atoms with van der Waals surface area (Å²) in [4.78, 5) is 0. The van der Waals surface area contributed by atoms with Gasteiger partial charge in [-0.05, 0) is 30.3 Å². The average Bonchev–Trinajstić information content (AvgIpc) is 1.88. The maximum atomic E-state index is 2.35. The van der Waals surface area contributed by atoms with Gasteiger partial charge >= 0.3 is 0 Å². The van der Waals surface area contributed by atoms with Crippen molar-refractivity contribution >= 4 is 11.8 Å². The fraction of sp³-hybridized carbons (Fsp3) is 1.00. The second-order valence-corrected chi connectivity index (χ2v) is 4.22. The maximum Gasteiger partial charge on any atom is -0.00444 e. The van der Waals surface area contributed by atoms with Gasteiger partial charge in [0.05, 0.1) is 0 Å². The summed E-state index contributed by atoms with van der Waals surface area (Å²) in [5.41, 5.74) is 0. The first-order valence-corrected chi connectivity index (χ1v) is 5.59. The summed E-state index contributed by atoms with van der Waals surface area (Å²) in [6.45, 7) is 6.97. The number of hydrogen-bond acceptors (Lipinski definition) is 1. The first-order valence-electron chi connectivity index (χ1n) is 4.19. The summed E-state index contributed by atoms with van der Waals surface area (Å²) in [6.07, 6.45) is 4.92. The lowest BCUT2D eigenvalue weighted by molar-refractivity contribution is 0.433. The molecule has 0 spiro atoms. The molecule has 2 unspecified atom stereocenters. The molecule has 1 heteroatoms. The molecule has 0 heterocycles. The van der Waals surface area contributed by atoms with E-state index >= 15 is 0 Å². The third kappa shape index (κ3) is 5.16. The van der Waals surface area contributed by atoms with E-state index in [9.17, 15) is 0 Å². The van der Waals surface area contributed by atoms with Gasteiger partial charge in [-0.3, -0.25) is 0 Å². The SMILES string of the molecule is CCC(C)CC(C)CSC. The van der Waals surface area contributed by atoms with Crippen molar-refractivity contribution in [2.24, 2.45) is 11.8 Å². The molecular weight excluding hydrogens is 140 g/mol. The van der Waals surface area contributed by atoms with Gasteiger partial charge in [0, 0.05) is 0 Å². The van der Waals surface area contributed by atoms with Gasteiger partial charge in [-0.1, -0.05) is 27.2 Å². The molecule has 0 aromatic heterocycles. The summed E-state index contributed by atoms with van der Waals surface area (Å²) < 4.78 is 0. The van der Waals surface area contributed by atoms with Crippen LogP contribution in [0.25, 0.3) is 0 Å². The van der Waals surface area contributed by atoms with Gasteiger partial charge in [0.2, 0.25) is 0 Å². The van der Waals surface area contributed by atoms with E-state index in [1.807, 2.05) is 11.8 Å². The minimum atomic E-state index is 0.907. The summed E-state index contributed by atoms with van der Waals surface area (Å²) in [7, 11) is 0. The molecule has 10 heavy (non-hydrogen) atoms. The van der Waals surface area contributed by atoms with E-state index in [1.54, 1.807) is 0 Å². The van der Waals surface area contributed by atoms with Crippen molar-refractivity contribution in [1.82, 2.24) is 0 Å². The highest BCUT2D eigenvalue weighted by Gasteiger charge is 2.05. The smallest absolute Gasteiger partial charge is 0.00444 e. The fourth-order valence-electron chi connectivity index (χ4n) is 1.21. The van der Waals surface area contributed by atoms with Crippen LogP contribution in [0.5, 0.6) is 0 Å². The molecule has 62 valence electrons. The zero-order valence-corrected chi connectivity index (χ0v) is 8.50. The number of thioether (sulfide) groups is 1. The highest BCUT2D eigenvalue weighted by molar-refractivity contribution is 7.98. The maximum absolute atomic E-state index is 2.35.